The zero-order chi connectivity index (χ0) is 17.4. The van der Waals surface area contributed by atoms with E-state index in [9.17, 15) is 9.59 Å². The van der Waals surface area contributed by atoms with Crippen LogP contribution in [0.4, 0.5) is 0 Å². The van der Waals surface area contributed by atoms with E-state index in [1.54, 1.807) is 0 Å². The van der Waals surface area contributed by atoms with Gasteiger partial charge in [-0.05, 0) is 68.3 Å². The van der Waals surface area contributed by atoms with Gasteiger partial charge in [-0.15, -0.1) is 0 Å². The van der Waals surface area contributed by atoms with Crippen molar-refractivity contribution in [3.63, 3.8) is 0 Å². The lowest BCUT2D eigenvalue weighted by Gasteiger charge is -2.57. The van der Waals surface area contributed by atoms with Crippen LogP contribution in [0.2, 0.25) is 0 Å². The number of rotatable bonds is 4. The second kappa shape index (κ2) is 6.26. The van der Waals surface area contributed by atoms with E-state index in [1.807, 2.05) is 13.0 Å². The van der Waals surface area contributed by atoms with Crippen LogP contribution in [0.25, 0.3) is 0 Å². The van der Waals surface area contributed by atoms with Gasteiger partial charge in [-0.3, -0.25) is 4.79 Å². The van der Waals surface area contributed by atoms with Crippen molar-refractivity contribution in [3.8, 4) is 0 Å². The fourth-order valence-electron chi connectivity index (χ4n) is 4.86. The highest BCUT2D eigenvalue weighted by Gasteiger charge is 2.54. The predicted molar refractivity (Wildman–Crippen MR) is 92.1 cm³/mol. The number of fused-ring (bicyclic) bond motifs is 1. The molecule has 0 heterocycles. The third-order valence-corrected chi connectivity index (χ3v) is 6.90. The fourth-order valence-corrected chi connectivity index (χ4v) is 4.86. The van der Waals surface area contributed by atoms with Gasteiger partial charge in [-0.1, -0.05) is 31.9 Å². The van der Waals surface area contributed by atoms with Crippen molar-refractivity contribution in [2.75, 3.05) is 0 Å². The van der Waals surface area contributed by atoms with E-state index in [-0.39, 0.29) is 16.6 Å². The number of carboxylic acids is 1. The first-order valence-electron chi connectivity index (χ1n) is 8.71. The summed E-state index contributed by atoms with van der Waals surface area (Å²) in [5.74, 6) is 0.287. The Balaban J connectivity index is 2.29. The molecule has 1 saturated carbocycles. The summed E-state index contributed by atoms with van der Waals surface area (Å²) in [6.07, 6.45) is 7.85. The van der Waals surface area contributed by atoms with Gasteiger partial charge in [0.15, 0.2) is 5.78 Å². The summed E-state index contributed by atoms with van der Waals surface area (Å²) in [5.41, 5.74) is 2.33. The number of allylic oxidation sites excluding steroid dienone is 3. The van der Waals surface area contributed by atoms with Gasteiger partial charge in [0.25, 0.3) is 0 Å². The molecule has 0 spiro atoms. The van der Waals surface area contributed by atoms with Gasteiger partial charge in [0, 0.05) is 12.5 Å². The zero-order valence-corrected chi connectivity index (χ0v) is 15.1. The fraction of sp³-hybridized carbons (Fsp3) is 0.700. The van der Waals surface area contributed by atoms with Crippen LogP contribution >= 0.6 is 0 Å². The third kappa shape index (κ3) is 3.29. The molecule has 2 aliphatic carbocycles. The normalized spacial score (nSPS) is 38.0. The lowest BCUT2D eigenvalue weighted by molar-refractivity contribution is -0.131. The van der Waals surface area contributed by atoms with Crippen molar-refractivity contribution >= 4 is 11.8 Å². The van der Waals surface area contributed by atoms with Crippen LogP contribution in [0.5, 0.6) is 0 Å². The molecule has 23 heavy (non-hydrogen) atoms. The monoisotopic (exact) mass is 318 g/mol. The maximum atomic E-state index is 12.2. The summed E-state index contributed by atoms with van der Waals surface area (Å²) in [6, 6.07) is 0. The molecule has 0 bridgehead atoms. The quantitative estimate of drug-likeness (QED) is 0.759. The maximum absolute atomic E-state index is 12.2. The predicted octanol–water partition coefficient (Wildman–Crippen LogP) is 4.78. The molecule has 4 atom stereocenters. The molecule has 1 fully saturated rings. The highest BCUT2D eigenvalue weighted by Crippen LogP contribution is 2.61. The van der Waals surface area contributed by atoms with Gasteiger partial charge in [0.2, 0.25) is 0 Å². The number of ketones is 1. The summed E-state index contributed by atoms with van der Waals surface area (Å²) in [7, 11) is 0. The summed E-state index contributed by atoms with van der Waals surface area (Å²) < 4.78 is 0. The van der Waals surface area contributed by atoms with Crippen molar-refractivity contribution < 1.29 is 14.7 Å². The number of carboxylic acid groups (broad SMARTS) is 1. The Morgan fingerprint density at radius 2 is 2.09 bits per heavy atom. The summed E-state index contributed by atoms with van der Waals surface area (Å²) in [4.78, 5) is 23.0. The Hall–Kier alpha value is -1.38. The topological polar surface area (TPSA) is 54.4 Å². The molecule has 0 saturated heterocycles. The van der Waals surface area contributed by atoms with Gasteiger partial charge >= 0.3 is 5.97 Å². The molecule has 2 rings (SSSR count). The van der Waals surface area contributed by atoms with E-state index in [4.69, 9.17) is 5.11 Å². The molecule has 0 aromatic rings. The van der Waals surface area contributed by atoms with Gasteiger partial charge in [0.1, 0.15) is 0 Å². The molecule has 3 nitrogen and oxygen atoms in total. The lowest BCUT2D eigenvalue weighted by atomic mass is 9.47. The van der Waals surface area contributed by atoms with Gasteiger partial charge in [-0.25, -0.2) is 4.79 Å². The van der Waals surface area contributed by atoms with Crippen LogP contribution in [0.3, 0.4) is 0 Å². The summed E-state index contributed by atoms with van der Waals surface area (Å²) >= 11 is 0. The first-order valence-corrected chi connectivity index (χ1v) is 8.71. The second-order valence-electron chi connectivity index (χ2n) is 8.24. The molecule has 0 unspecified atom stereocenters. The van der Waals surface area contributed by atoms with Crippen LogP contribution in [0, 0.1) is 22.7 Å². The number of hydrogen-bond donors (Lipinski definition) is 1. The standard InChI is InChI=1S/C20H30O3/c1-13(10-18(22)23)6-8-19(4)14(2)7-9-20(5)15(3)11-16(21)12-17(19)20/h10-11,14,17H,6-9,12H2,1-5H3,(H,22,23)/b13-10-/t14-,17-,19-,20-/m0/s1. The van der Waals surface area contributed by atoms with Crippen LogP contribution in [0.15, 0.2) is 23.3 Å². The maximum Gasteiger partial charge on any atom is 0.328 e. The van der Waals surface area contributed by atoms with Crippen molar-refractivity contribution in [1.82, 2.24) is 0 Å². The van der Waals surface area contributed by atoms with E-state index >= 15 is 0 Å². The highest BCUT2D eigenvalue weighted by atomic mass is 16.4. The van der Waals surface area contributed by atoms with Crippen molar-refractivity contribution in [3.05, 3.63) is 23.3 Å². The first-order chi connectivity index (χ1) is 10.6. The highest BCUT2D eigenvalue weighted by molar-refractivity contribution is 5.92. The Morgan fingerprint density at radius 1 is 1.43 bits per heavy atom. The van der Waals surface area contributed by atoms with Gasteiger partial charge in [-0.2, -0.15) is 0 Å². The van der Waals surface area contributed by atoms with E-state index in [2.05, 4.69) is 27.7 Å². The zero-order valence-electron chi connectivity index (χ0n) is 15.1. The number of carbonyl (C=O) groups excluding carboxylic acids is 1. The Bertz CT molecular complexity index is 571. The first kappa shape index (κ1) is 18.0. The van der Waals surface area contributed by atoms with Crippen LogP contribution in [0.1, 0.15) is 66.7 Å². The average Bonchev–Trinajstić information content (AvgIpc) is 2.44. The molecule has 1 N–H and O–H groups in total. The molecule has 0 amide bonds. The molecule has 0 aromatic carbocycles. The average molecular weight is 318 g/mol. The SMILES string of the molecule is CC1=CC(=O)C[C@H]2[C@@](C)(CC/C(C)=C\C(=O)O)[C@@H](C)CC[C@@]12C. The van der Waals surface area contributed by atoms with Crippen molar-refractivity contribution in [2.45, 2.75) is 66.7 Å². The molecule has 128 valence electrons. The second-order valence-corrected chi connectivity index (χ2v) is 8.24. The van der Waals surface area contributed by atoms with E-state index in [1.165, 1.54) is 18.1 Å². The van der Waals surface area contributed by atoms with E-state index < -0.39 is 5.97 Å². The number of hydrogen-bond acceptors (Lipinski definition) is 2. The Morgan fingerprint density at radius 3 is 2.70 bits per heavy atom. The minimum Gasteiger partial charge on any atom is -0.478 e. The molecule has 0 aromatic heterocycles. The van der Waals surface area contributed by atoms with Crippen LogP contribution in [-0.4, -0.2) is 16.9 Å². The summed E-state index contributed by atoms with van der Waals surface area (Å²) in [6.45, 7) is 10.9. The van der Waals surface area contributed by atoms with E-state index in [0.717, 1.165) is 24.8 Å². The molecule has 0 radical (unpaired) electrons. The Kier molecular flexibility index (Phi) is 4.89. The number of carbonyl (C=O) groups is 2. The number of aliphatic carboxylic acids is 1. The van der Waals surface area contributed by atoms with Crippen LogP contribution in [-0.2, 0) is 9.59 Å². The van der Waals surface area contributed by atoms with E-state index in [0.29, 0.717) is 18.3 Å². The molecular weight excluding hydrogens is 288 g/mol. The van der Waals surface area contributed by atoms with Gasteiger partial charge < -0.3 is 5.11 Å². The third-order valence-electron chi connectivity index (χ3n) is 6.90. The van der Waals surface area contributed by atoms with Crippen molar-refractivity contribution in [1.29, 1.82) is 0 Å². The lowest BCUT2D eigenvalue weighted by Crippen LogP contribution is -2.50. The molecular formula is C20H30O3. The minimum absolute atomic E-state index is 0.0752. The molecule has 0 aliphatic heterocycles. The smallest absolute Gasteiger partial charge is 0.328 e. The van der Waals surface area contributed by atoms with Gasteiger partial charge in [0.05, 0.1) is 0 Å². The minimum atomic E-state index is -0.874. The summed E-state index contributed by atoms with van der Waals surface area (Å²) in [5, 5.41) is 8.91. The largest absolute Gasteiger partial charge is 0.478 e. The van der Waals surface area contributed by atoms with Crippen molar-refractivity contribution in [2.24, 2.45) is 22.7 Å². The molecule has 2 aliphatic rings. The molecule has 3 heteroatoms. The van der Waals surface area contributed by atoms with Crippen LogP contribution < -0.4 is 0 Å². The Labute approximate surface area is 139 Å².